The maximum atomic E-state index is 3.72. The van der Waals surface area contributed by atoms with Crippen LogP contribution in [-0.4, -0.2) is 23.1 Å². The Morgan fingerprint density at radius 3 is 1.86 bits per heavy atom. The number of benzene rings is 1. The largest absolute Gasteiger partial charge is 2.00 e. The van der Waals surface area contributed by atoms with E-state index < -0.39 is 0 Å². The van der Waals surface area contributed by atoms with Crippen LogP contribution in [0.2, 0.25) is 0 Å². The van der Waals surface area contributed by atoms with Crippen LogP contribution >= 0.6 is 0 Å². The van der Waals surface area contributed by atoms with Crippen molar-refractivity contribution in [1.82, 2.24) is 0 Å². The molecule has 0 aliphatic heterocycles. The normalized spacial score (nSPS) is 8.14. The van der Waals surface area contributed by atoms with E-state index >= 15 is 0 Å². The van der Waals surface area contributed by atoms with Gasteiger partial charge in [-0.05, 0) is 0 Å². The third kappa shape index (κ3) is 11.9. The van der Waals surface area contributed by atoms with Crippen LogP contribution < -0.4 is 0 Å². The number of hydrogen-bond acceptors (Lipinski definition) is 0. The predicted molar refractivity (Wildman–Crippen MR) is 66.2 cm³/mol. The molecule has 0 amide bonds. The Labute approximate surface area is 105 Å². The predicted octanol–water partition coefficient (Wildman–Crippen LogP) is 3.89. The van der Waals surface area contributed by atoms with Crippen molar-refractivity contribution in [2.24, 2.45) is 0 Å². The van der Waals surface area contributed by atoms with Crippen molar-refractivity contribution in [3.8, 4) is 0 Å². The Morgan fingerprint density at radius 2 is 1.64 bits per heavy atom. The Hall–Kier alpha value is -0.144. The molecular weight excluding hydrogens is 180 g/mol. The maximum Gasteiger partial charge on any atom is 2.00 e. The molecule has 0 N–H and O–H groups in total. The van der Waals surface area contributed by atoms with Crippen molar-refractivity contribution in [2.75, 3.05) is 0 Å². The van der Waals surface area contributed by atoms with Gasteiger partial charge in [0.1, 0.15) is 0 Å². The second-order valence-electron chi connectivity index (χ2n) is 3.05. The number of hydrogen-bond donors (Lipinski definition) is 0. The monoisotopic (exact) mass is 200 g/mol. The van der Waals surface area contributed by atoms with Gasteiger partial charge in [-0.1, -0.05) is 32.3 Å². The van der Waals surface area contributed by atoms with Crippen molar-refractivity contribution in [2.45, 2.75) is 32.6 Å². The molecule has 0 atom stereocenters. The minimum absolute atomic E-state index is 0. The summed E-state index contributed by atoms with van der Waals surface area (Å²) >= 11 is 0. The fourth-order valence-electron chi connectivity index (χ4n) is 0.905. The molecule has 1 heteroatoms. The average Bonchev–Trinajstić information content (AvgIpc) is 2.17. The zero-order chi connectivity index (χ0) is 9.94. The fraction of sp³-hybridized carbons (Fsp3) is 0.385. The summed E-state index contributed by atoms with van der Waals surface area (Å²) in [5.74, 6) is 0. The van der Waals surface area contributed by atoms with Crippen LogP contribution in [0.25, 0.3) is 0 Å². The summed E-state index contributed by atoms with van der Waals surface area (Å²) in [4.78, 5) is 0. The first kappa shape index (κ1) is 16.3. The standard InChI is InChI=1S/C7H7.C6H13.Mg/c1-7-5-3-2-4-6-7;1-3-5-6-4-2;/h2-6H,1H2;1,3-6H2,2H3;/q2*-1;+2. The van der Waals surface area contributed by atoms with E-state index in [9.17, 15) is 0 Å². The summed E-state index contributed by atoms with van der Waals surface area (Å²) in [7, 11) is 0. The SMILES string of the molecule is [CH2-]CCCCC.[CH2-]c1ccccc1.[Mg+2]. The fourth-order valence-corrected chi connectivity index (χ4v) is 0.905. The summed E-state index contributed by atoms with van der Waals surface area (Å²) in [5.41, 5.74) is 1.07. The molecule has 0 spiro atoms. The summed E-state index contributed by atoms with van der Waals surface area (Å²) < 4.78 is 0. The van der Waals surface area contributed by atoms with Crippen molar-refractivity contribution in [3.63, 3.8) is 0 Å². The molecule has 1 aromatic rings. The van der Waals surface area contributed by atoms with Crippen LogP contribution in [0, 0.1) is 13.8 Å². The van der Waals surface area contributed by atoms with E-state index in [1.54, 1.807) is 0 Å². The molecule has 1 aromatic carbocycles. The van der Waals surface area contributed by atoms with Crippen LogP contribution in [0.4, 0.5) is 0 Å². The molecule has 0 bridgehead atoms. The van der Waals surface area contributed by atoms with E-state index in [1.807, 2.05) is 30.3 Å². The zero-order valence-electron chi connectivity index (χ0n) is 9.34. The van der Waals surface area contributed by atoms with E-state index in [1.165, 1.54) is 19.3 Å². The maximum absolute atomic E-state index is 3.72. The average molecular weight is 201 g/mol. The van der Waals surface area contributed by atoms with E-state index in [2.05, 4.69) is 20.8 Å². The van der Waals surface area contributed by atoms with E-state index in [-0.39, 0.29) is 23.1 Å². The quantitative estimate of drug-likeness (QED) is 0.395. The third-order valence-corrected chi connectivity index (χ3v) is 1.70. The van der Waals surface area contributed by atoms with Gasteiger partial charge in [0, 0.05) is 0 Å². The molecule has 14 heavy (non-hydrogen) atoms. The van der Waals surface area contributed by atoms with E-state index in [4.69, 9.17) is 0 Å². The van der Waals surface area contributed by atoms with Crippen LogP contribution in [0.5, 0.6) is 0 Å². The van der Waals surface area contributed by atoms with Gasteiger partial charge in [-0.15, -0.1) is 12.1 Å². The smallest absolute Gasteiger partial charge is 0.343 e. The Kier molecular flexibility index (Phi) is 15.0. The van der Waals surface area contributed by atoms with Crippen LogP contribution in [0.15, 0.2) is 30.3 Å². The first-order chi connectivity index (χ1) is 6.31. The first-order valence-electron chi connectivity index (χ1n) is 4.97. The van der Waals surface area contributed by atoms with Crippen LogP contribution in [0.1, 0.15) is 38.2 Å². The van der Waals surface area contributed by atoms with Gasteiger partial charge in [0.05, 0.1) is 0 Å². The Balaban J connectivity index is 0. The van der Waals surface area contributed by atoms with Gasteiger partial charge in [-0.2, -0.15) is 31.0 Å². The molecular formula is C13H20Mg. The van der Waals surface area contributed by atoms with Crippen LogP contribution in [-0.2, 0) is 0 Å². The van der Waals surface area contributed by atoms with Crippen molar-refractivity contribution in [3.05, 3.63) is 49.7 Å². The second-order valence-corrected chi connectivity index (χ2v) is 3.05. The second kappa shape index (κ2) is 12.9. The molecule has 1 rings (SSSR count). The van der Waals surface area contributed by atoms with Gasteiger partial charge in [0.25, 0.3) is 0 Å². The third-order valence-electron chi connectivity index (χ3n) is 1.70. The Morgan fingerprint density at radius 1 is 1.07 bits per heavy atom. The Bertz CT molecular complexity index is 178. The summed E-state index contributed by atoms with van der Waals surface area (Å²) in [5, 5.41) is 0. The van der Waals surface area contributed by atoms with Gasteiger partial charge < -0.3 is 6.92 Å². The van der Waals surface area contributed by atoms with Crippen molar-refractivity contribution in [1.29, 1.82) is 0 Å². The van der Waals surface area contributed by atoms with Gasteiger partial charge in [0.15, 0.2) is 0 Å². The van der Waals surface area contributed by atoms with E-state index in [0.29, 0.717) is 0 Å². The molecule has 0 heterocycles. The topological polar surface area (TPSA) is 0 Å². The molecule has 0 fully saturated rings. The van der Waals surface area contributed by atoms with Crippen molar-refractivity contribution < 1.29 is 0 Å². The molecule has 0 aliphatic carbocycles. The minimum atomic E-state index is 0. The van der Waals surface area contributed by atoms with Gasteiger partial charge in [-0.25, -0.2) is 0 Å². The summed E-state index contributed by atoms with van der Waals surface area (Å²) in [6.07, 6.45) is 5.07. The molecule has 0 aromatic heterocycles. The molecule has 74 valence electrons. The van der Waals surface area contributed by atoms with Crippen molar-refractivity contribution >= 4 is 23.1 Å². The van der Waals surface area contributed by atoms with Crippen LogP contribution in [0.3, 0.4) is 0 Å². The molecule has 0 saturated heterocycles. The molecule has 0 saturated carbocycles. The minimum Gasteiger partial charge on any atom is -0.343 e. The van der Waals surface area contributed by atoms with Gasteiger partial charge in [-0.3, -0.25) is 0 Å². The number of rotatable bonds is 3. The van der Waals surface area contributed by atoms with E-state index in [0.717, 1.165) is 12.0 Å². The molecule has 0 aliphatic rings. The molecule has 0 nitrogen and oxygen atoms in total. The molecule has 0 radical (unpaired) electrons. The van der Waals surface area contributed by atoms with Gasteiger partial charge in [0.2, 0.25) is 0 Å². The number of unbranched alkanes of at least 4 members (excludes halogenated alkanes) is 3. The zero-order valence-corrected chi connectivity index (χ0v) is 10.8. The summed E-state index contributed by atoms with van der Waals surface area (Å²) in [6, 6.07) is 9.87. The first-order valence-corrected chi connectivity index (χ1v) is 4.97. The van der Waals surface area contributed by atoms with Gasteiger partial charge >= 0.3 is 23.1 Å². The molecule has 0 unspecified atom stereocenters. The summed E-state index contributed by atoms with van der Waals surface area (Å²) in [6.45, 7) is 9.65.